The molecule has 0 saturated carbocycles. The molecule has 178 valence electrons. The summed E-state index contributed by atoms with van der Waals surface area (Å²) < 4.78 is 0. The molecule has 3 unspecified atom stereocenters. The van der Waals surface area contributed by atoms with Gasteiger partial charge >= 0.3 is 17.9 Å². The van der Waals surface area contributed by atoms with Crippen LogP contribution in [0.2, 0.25) is 0 Å². The molecule has 0 saturated heterocycles. The summed E-state index contributed by atoms with van der Waals surface area (Å²) in [6.07, 6.45) is -5.90. The second-order valence-electron chi connectivity index (χ2n) is 4.36. The van der Waals surface area contributed by atoms with Crippen LogP contribution >= 0.6 is 36.7 Å². The van der Waals surface area contributed by atoms with Crippen molar-refractivity contribution in [1.82, 2.24) is 0 Å². The van der Waals surface area contributed by atoms with Gasteiger partial charge in [0.2, 0.25) is 0 Å². The first-order valence-corrected chi connectivity index (χ1v) is 7.72. The molecule has 0 aliphatic carbocycles. The van der Waals surface area contributed by atoms with Crippen LogP contribution in [0.3, 0.4) is 0 Å². The van der Waals surface area contributed by atoms with Gasteiger partial charge in [-0.25, -0.2) is 0 Å². The van der Waals surface area contributed by atoms with Crippen LogP contribution in [-0.4, -0.2) is 97.3 Å². The molecule has 29 heavy (non-hydrogen) atoms. The van der Waals surface area contributed by atoms with Crippen molar-refractivity contribution < 1.29 is 105 Å². The topological polar surface area (TPSA) is 233 Å². The second kappa shape index (κ2) is 22.1. The van der Waals surface area contributed by atoms with E-state index in [-0.39, 0.29) is 44.8 Å². The van der Waals surface area contributed by atoms with Crippen LogP contribution in [0, 0.1) is 0 Å². The summed E-state index contributed by atoms with van der Waals surface area (Å²) in [5, 5.41) is 72.4. The number of aliphatic hydroxyl groups is 6. The van der Waals surface area contributed by atoms with Crippen molar-refractivity contribution in [3.05, 3.63) is 0 Å². The fourth-order valence-electron chi connectivity index (χ4n) is 0.758. The number of carboxylic acids is 3. The zero-order valence-corrected chi connectivity index (χ0v) is 20.7. The van der Waals surface area contributed by atoms with Crippen molar-refractivity contribution in [2.45, 2.75) is 37.6 Å². The minimum atomic E-state index is -1.42. The maximum Gasteiger partial charge on any atom is 0.306 e. The zero-order valence-electron chi connectivity index (χ0n) is 13.9. The van der Waals surface area contributed by atoms with Gasteiger partial charge < -0.3 is 46.0 Å². The smallest absolute Gasteiger partial charge is 0.306 e. The first kappa shape index (κ1) is 39.0. The molecule has 0 aromatic carbocycles. The van der Waals surface area contributed by atoms with Crippen molar-refractivity contribution in [3.8, 4) is 0 Å². The third-order valence-corrected chi connectivity index (χ3v) is 2.78. The van der Waals surface area contributed by atoms with E-state index in [2.05, 4.69) is 36.7 Å². The van der Waals surface area contributed by atoms with E-state index in [1.54, 1.807) is 0 Å². The third kappa shape index (κ3) is 32.3. The van der Waals surface area contributed by atoms with Gasteiger partial charge in [-0.3, -0.25) is 14.4 Å². The quantitative estimate of drug-likeness (QED) is 0.101. The maximum atomic E-state index is 9.78. The average Bonchev–Trinajstić information content (AvgIpc) is 2.46. The SMILES string of the molecule is O=C(O)CC(O)C(O)=S.O=C(O)CC(O)C(O)=S.O=C(O)CC(O)C(O)=S.[Au].[Au]. The van der Waals surface area contributed by atoms with E-state index in [9.17, 15) is 14.4 Å². The Labute approximate surface area is 211 Å². The summed E-state index contributed by atoms with van der Waals surface area (Å²) in [7, 11) is 0. The van der Waals surface area contributed by atoms with Crippen molar-refractivity contribution >= 4 is 69.7 Å². The largest absolute Gasteiger partial charge is 0.500 e. The molecule has 2 radical (unpaired) electrons. The average molecular weight is 844 g/mol. The van der Waals surface area contributed by atoms with Gasteiger partial charge in [-0.05, 0) is 36.7 Å². The van der Waals surface area contributed by atoms with Gasteiger partial charge in [0, 0.05) is 44.8 Å². The van der Waals surface area contributed by atoms with Crippen molar-refractivity contribution in [1.29, 1.82) is 0 Å². The molecule has 0 spiro atoms. The van der Waals surface area contributed by atoms with E-state index in [0.29, 0.717) is 0 Å². The number of carbonyl (C=O) groups is 3. The number of aliphatic carboxylic acids is 3. The number of thiocarbonyl (C=S) groups is 3. The fraction of sp³-hybridized carbons (Fsp3) is 0.500. The van der Waals surface area contributed by atoms with Gasteiger partial charge in [0.25, 0.3) is 0 Å². The van der Waals surface area contributed by atoms with Gasteiger partial charge in [0.1, 0.15) is 18.3 Å². The fourth-order valence-corrected chi connectivity index (χ4v) is 1.01. The number of rotatable bonds is 9. The van der Waals surface area contributed by atoms with Gasteiger partial charge in [-0.2, -0.15) is 0 Å². The molecular formula is C12H18Au2O12S3. The molecular weight excluding hydrogens is 826 g/mol. The number of hydrogen-bond acceptors (Lipinski definition) is 9. The molecule has 0 fully saturated rings. The Morgan fingerprint density at radius 3 is 0.690 bits per heavy atom. The molecule has 0 amide bonds. The Hall–Kier alpha value is -0.559. The van der Waals surface area contributed by atoms with Crippen LogP contribution in [-0.2, 0) is 59.1 Å². The van der Waals surface area contributed by atoms with E-state index in [1.807, 2.05) is 0 Å². The van der Waals surface area contributed by atoms with Crippen LogP contribution in [0.4, 0.5) is 0 Å². The molecule has 0 aromatic heterocycles. The van der Waals surface area contributed by atoms with Crippen molar-refractivity contribution in [2.75, 3.05) is 0 Å². The molecule has 0 bridgehead atoms. The summed E-state index contributed by atoms with van der Waals surface area (Å²) in [6, 6.07) is 0. The van der Waals surface area contributed by atoms with Gasteiger partial charge in [-0.1, -0.05) is 0 Å². The van der Waals surface area contributed by atoms with Crippen LogP contribution in [0.1, 0.15) is 19.3 Å². The Morgan fingerprint density at radius 2 is 0.655 bits per heavy atom. The first-order chi connectivity index (χ1) is 12.1. The zero-order chi connectivity index (χ0) is 22.3. The predicted molar refractivity (Wildman–Crippen MR) is 100 cm³/mol. The Bertz CT molecular complexity index is 484. The Balaban J connectivity index is -0.0000000960. The Morgan fingerprint density at radius 1 is 0.517 bits per heavy atom. The number of hydrogen-bond donors (Lipinski definition) is 9. The van der Waals surface area contributed by atoms with Crippen LogP contribution in [0.5, 0.6) is 0 Å². The molecule has 0 rings (SSSR count). The van der Waals surface area contributed by atoms with E-state index in [1.165, 1.54) is 0 Å². The molecule has 0 aliphatic rings. The second-order valence-corrected chi connectivity index (χ2v) is 5.61. The Kier molecular flexibility index (Phi) is 29.7. The van der Waals surface area contributed by atoms with Gasteiger partial charge in [0.05, 0.1) is 19.3 Å². The molecule has 0 aromatic rings. The number of carboxylic acid groups (broad SMARTS) is 3. The van der Waals surface area contributed by atoms with E-state index in [4.69, 9.17) is 46.0 Å². The maximum absolute atomic E-state index is 9.78. The number of aliphatic hydroxyl groups excluding tert-OH is 6. The summed E-state index contributed by atoms with van der Waals surface area (Å²) in [4.78, 5) is 29.4. The molecule has 0 aliphatic heterocycles. The molecule has 0 heterocycles. The van der Waals surface area contributed by atoms with Gasteiger partial charge in [-0.15, -0.1) is 0 Å². The predicted octanol–water partition coefficient (Wildman–Crippen LogP) is -0.883. The van der Waals surface area contributed by atoms with Crippen LogP contribution in [0.25, 0.3) is 0 Å². The summed E-state index contributed by atoms with van der Waals surface area (Å²) in [6.45, 7) is 0. The van der Waals surface area contributed by atoms with Crippen LogP contribution in [0.15, 0.2) is 0 Å². The first-order valence-electron chi connectivity index (χ1n) is 6.49. The summed E-state index contributed by atoms with van der Waals surface area (Å²) >= 11 is 12.2. The summed E-state index contributed by atoms with van der Waals surface area (Å²) in [5.74, 6) is -3.59. The van der Waals surface area contributed by atoms with Crippen molar-refractivity contribution in [2.24, 2.45) is 0 Å². The van der Waals surface area contributed by atoms with Crippen LogP contribution < -0.4 is 0 Å². The van der Waals surface area contributed by atoms with Gasteiger partial charge in [0.15, 0.2) is 15.2 Å². The molecule has 12 nitrogen and oxygen atoms in total. The molecule has 3 atom stereocenters. The minimum absolute atomic E-state index is 0. The van der Waals surface area contributed by atoms with Crippen molar-refractivity contribution in [3.63, 3.8) is 0 Å². The van der Waals surface area contributed by atoms with E-state index < -0.39 is 70.6 Å². The summed E-state index contributed by atoms with van der Waals surface area (Å²) in [5.41, 5.74) is 0. The standard InChI is InChI=1S/3C4H6O4S.2Au/c3*5-2(4(8)9)1-3(6)7;;/h3*2,5H,1H2,(H,6,7)(H,8,9);;. The normalized spacial score (nSPS) is 11.7. The molecule has 17 heteroatoms. The molecule has 9 N–H and O–H groups in total. The minimum Gasteiger partial charge on any atom is -0.500 e. The third-order valence-electron chi connectivity index (χ3n) is 1.96. The van der Waals surface area contributed by atoms with E-state index >= 15 is 0 Å². The monoisotopic (exact) mass is 844 g/mol. The van der Waals surface area contributed by atoms with E-state index in [0.717, 1.165) is 0 Å².